The second-order valence-electron chi connectivity index (χ2n) is 6.08. The maximum absolute atomic E-state index is 13.0. The summed E-state index contributed by atoms with van der Waals surface area (Å²) in [7, 11) is 1.55. The van der Waals surface area contributed by atoms with Crippen LogP contribution in [-0.2, 0) is 11.2 Å². The topological polar surface area (TPSA) is 67.4 Å². The second kappa shape index (κ2) is 8.81. The summed E-state index contributed by atoms with van der Waals surface area (Å²) in [5.74, 6) is -0.387. The van der Waals surface area contributed by atoms with Gasteiger partial charge in [0.15, 0.2) is 0 Å². The number of hydrogen-bond acceptors (Lipinski definition) is 3. The van der Waals surface area contributed by atoms with E-state index in [0.717, 1.165) is 0 Å². The van der Waals surface area contributed by atoms with Crippen LogP contribution in [0.1, 0.15) is 15.9 Å². The number of nitrogens with one attached hydrogen (secondary N) is 2. The van der Waals surface area contributed by atoms with Crippen LogP contribution in [0.5, 0.6) is 5.75 Å². The zero-order valence-electron chi connectivity index (χ0n) is 15.2. The lowest BCUT2D eigenvalue weighted by atomic mass is 10.1. The minimum absolute atomic E-state index is 0.0755. The van der Waals surface area contributed by atoms with Gasteiger partial charge in [-0.3, -0.25) is 9.59 Å². The van der Waals surface area contributed by atoms with E-state index in [1.54, 1.807) is 67.8 Å². The van der Waals surface area contributed by atoms with E-state index in [1.165, 1.54) is 12.1 Å². The Morgan fingerprint density at radius 1 is 0.929 bits per heavy atom. The average molecular weight is 378 g/mol. The molecular formula is C22H19FN2O3. The number of hydrogen-bond donors (Lipinski definition) is 2. The number of benzene rings is 3. The lowest BCUT2D eigenvalue weighted by Crippen LogP contribution is -2.19. The number of carbonyl (C=O) groups is 2. The Morgan fingerprint density at radius 3 is 2.43 bits per heavy atom. The number of amides is 2. The van der Waals surface area contributed by atoms with E-state index >= 15 is 0 Å². The summed E-state index contributed by atoms with van der Waals surface area (Å²) in [5.41, 5.74) is 1.99. The van der Waals surface area contributed by atoms with Gasteiger partial charge in [0.1, 0.15) is 11.6 Å². The van der Waals surface area contributed by atoms with E-state index in [4.69, 9.17) is 4.74 Å². The van der Waals surface area contributed by atoms with Gasteiger partial charge in [0.2, 0.25) is 5.91 Å². The normalized spacial score (nSPS) is 10.2. The van der Waals surface area contributed by atoms with Crippen molar-refractivity contribution in [3.63, 3.8) is 0 Å². The summed E-state index contributed by atoms with van der Waals surface area (Å²) in [6, 6.07) is 19.4. The molecule has 2 amide bonds. The van der Waals surface area contributed by atoms with Crippen LogP contribution < -0.4 is 15.4 Å². The SMILES string of the molecule is COc1cccc(NC(=O)c2ccccc2NC(=O)Cc2ccc(F)cc2)c1. The maximum atomic E-state index is 13.0. The molecule has 3 rings (SSSR count). The summed E-state index contributed by atoms with van der Waals surface area (Å²) >= 11 is 0. The van der Waals surface area contributed by atoms with E-state index < -0.39 is 0 Å². The van der Waals surface area contributed by atoms with Crippen molar-refractivity contribution in [2.45, 2.75) is 6.42 Å². The molecular weight excluding hydrogens is 359 g/mol. The summed E-state index contributed by atoms with van der Waals surface area (Å²) < 4.78 is 18.1. The molecule has 0 bridgehead atoms. The van der Waals surface area contributed by atoms with Crippen LogP contribution in [0.25, 0.3) is 0 Å². The first-order chi connectivity index (χ1) is 13.5. The number of rotatable bonds is 6. The first-order valence-corrected chi connectivity index (χ1v) is 8.64. The van der Waals surface area contributed by atoms with Crippen LogP contribution in [0.3, 0.4) is 0 Å². The quantitative estimate of drug-likeness (QED) is 0.673. The van der Waals surface area contributed by atoms with Gasteiger partial charge in [0.05, 0.1) is 24.8 Å². The number of para-hydroxylation sites is 1. The van der Waals surface area contributed by atoms with Crippen LogP contribution in [0.2, 0.25) is 0 Å². The standard InChI is InChI=1S/C22H19FN2O3/c1-28-18-6-4-5-17(14-18)24-22(27)19-7-2-3-8-20(19)25-21(26)13-15-9-11-16(23)12-10-15/h2-12,14H,13H2,1H3,(H,24,27)(H,25,26). The molecule has 0 radical (unpaired) electrons. The van der Waals surface area contributed by atoms with Crippen molar-refractivity contribution in [2.75, 3.05) is 17.7 Å². The van der Waals surface area contributed by atoms with E-state index in [9.17, 15) is 14.0 Å². The molecule has 0 heterocycles. The van der Waals surface area contributed by atoms with Gasteiger partial charge in [0, 0.05) is 11.8 Å². The fourth-order valence-electron chi connectivity index (χ4n) is 2.67. The number of methoxy groups -OCH3 is 1. The van der Waals surface area contributed by atoms with Crippen LogP contribution in [0.4, 0.5) is 15.8 Å². The molecule has 0 fully saturated rings. The molecule has 0 aliphatic rings. The monoisotopic (exact) mass is 378 g/mol. The van der Waals surface area contributed by atoms with E-state index in [0.29, 0.717) is 28.3 Å². The van der Waals surface area contributed by atoms with Gasteiger partial charge in [-0.25, -0.2) is 4.39 Å². The molecule has 0 spiro atoms. The first-order valence-electron chi connectivity index (χ1n) is 8.64. The van der Waals surface area contributed by atoms with Gasteiger partial charge in [-0.05, 0) is 42.0 Å². The van der Waals surface area contributed by atoms with Gasteiger partial charge >= 0.3 is 0 Å². The van der Waals surface area contributed by atoms with Gasteiger partial charge in [-0.15, -0.1) is 0 Å². The Labute approximate surface area is 162 Å². The number of ether oxygens (including phenoxy) is 1. The maximum Gasteiger partial charge on any atom is 0.257 e. The van der Waals surface area contributed by atoms with Crippen molar-refractivity contribution in [3.05, 3.63) is 89.7 Å². The fourth-order valence-corrected chi connectivity index (χ4v) is 2.67. The van der Waals surface area contributed by atoms with E-state index in [1.807, 2.05) is 0 Å². The van der Waals surface area contributed by atoms with Gasteiger partial charge in [-0.1, -0.05) is 30.3 Å². The van der Waals surface area contributed by atoms with Crippen LogP contribution >= 0.6 is 0 Å². The zero-order chi connectivity index (χ0) is 19.9. The Kier molecular flexibility index (Phi) is 6.01. The highest BCUT2D eigenvalue weighted by Crippen LogP contribution is 2.20. The van der Waals surface area contributed by atoms with Crippen molar-refractivity contribution in [2.24, 2.45) is 0 Å². The molecule has 0 saturated carbocycles. The molecule has 2 N–H and O–H groups in total. The van der Waals surface area contributed by atoms with Crippen molar-refractivity contribution in [1.82, 2.24) is 0 Å². The summed E-state index contributed by atoms with van der Waals surface area (Å²) in [6.07, 6.45) is 0.0755. The number of anilines is 2. The Balaban J connectivity index is 1.72. The third-order valence-electron chi connectivity index (χ3n) is 4.05. The minimum Gasteiger partial charge on any atom is -0.497 e. The number of halogens is 1. The molecule has 6 heteroatoms. The molecule has 3 aromatic carbocycles. The van der Waals surface area contributed by atoms with Crippen LogP contribution in [0.15, 0.2) is 72.8 Å². The summed E-state index contributed by atoms with van der Waals surface area (Å²) in [5, 5.41) is 5.54. The molecule has 0 saturated heterocycles. The minimum atomic E-state index is -0.358. The molecule has 0 aromatic heterocycles. The van der Waals surface area contributed by atoms with Crippen molar-refractivity contribution in [1.29, 1.82) is 0 Å². The molecule has 3 aromatic rings. The predicted octanol–water partition coefficient (Wildman–Crippen LogP) is 4.27. The molecule has 0 atom stereocenters. The van der Waals surface area contributed by atoms with Gasteiger partial charge < -0.3 is 15.4 Å². The van der Waals surface area contributed by atoms with Crippen LogP contribution in [-0.4, -0.2) is 18.9 Å². The van der Waals surface area contributed by atoms with Gasteiger partial charge in [-0.2, -0.15) is 0 Å². The third kappa shape index (κ3) is 4.94. The highest BCUT2D eigenvalue weighted by Gasteiger charge is 2.14. The average Bonchev–Trinajstić information content (AvgIpc) is 2.70. The molecule has 0 unspecified atom stereocenters. The lowest BCUT2D eigenvalue weighted by molar-refractivity contribution is -0.115. The molecule has 0 aliphatic carbocycles. The Morgan fingerprint density at radius 2 is 1.68 bits per heavy atom. The molecule has 5 nitrogen and oxygen atoms in total. The van der Waals surface area contributed by atoms with Gasteiger partial charge in [0.25, 0.3) is 5.91 Å². The lowest BCUT2D eigenvalue weighted by Gasteiger charge is -2.12. The van der Waals surface area contributed by atoms with Crippen LogP contribution in [0, 0.1) is 5.82 Å². The zero-order valence-corrected chi connectivity index (χ0v) is 15.2. The Bertz CT molecular complexity index is 987. The first kappa shape index (κ1) is 19.1. The summed E-state index contributed by atoms with van der Waals surface area (Å²) in [6.45, 7) is 0. The van der Waals surface area contributed by atoms with E-state index in [-0.39, 0.29) is 24.1 Å². The Hall–Kier alpha value is -3.67. The smallest absolute Gasteiger partial charge is 0.257 e. The molecule has 28 heavy (non-hydrogen) atoms. The van der Waals surface area contributed by atoms with Crippen molar-refractivity contribution in [3.8, 4) is 5.75 Å². The largest absolute Gasteiger partial charge is 0.497 e. The number of carbonyl (C=O) groups excluding carboxylic acids is 2. The fraction of sp³-hybridized carbons (Fsp3) is 0.0909. The molecule has 142 valence electrons. The predicted molar refractivity (Wildman–Crippen MR) is 106 cm³/mol. The molecule has 0 aliphatic heterocycles. The van der Waals surface area contributed by atoms with Crippen molar-refractivity contribution < 1.29 is 18.7 Å². The third-order valence-corrected chi connectivity index (χ3v) is 4.05. The van der Waals surface area contributed by atoms with Crippen molar-refractivity contribution >= 4 is 23.2 Å². The second-order valence-corrected chi connectivity index (χ2v) is 6.08. The highest BCUT2D eigenvalue weighted by atomic mass is 19.1. The highest BCUT2D eigenvalue weighted by molar-refractivity contribution is 6.10. The van der Waals surface area contributed by atoms with E-state index in [2.05, 4.69) is 10.6 Å². The summed E-state index contributed by atoms with van der Waals surface area (Å²) in [4.78, 5) is 25.0.